The van der Waals surface area contributed by atoms with Gasteiger partial charge in [0.2, 0.25) is 10.0 Å². The molecule has 96 valence electrons. The molecular weight excluding hydrogens is 260 g/mol. The van der Waals surface area contributed by atoms with Crippen molar-refractivity contribution in [2.45, 2.75) is 24.8 Å². The van der Waals surface area contributed by atoms with E-state index in [4.69, 9.17) is 11.6 Å². The van der Waals surface area contributed by atoms with E-state index >= 15 is 0 Å². The molecule has 0 amide bonds. The van der Waals surface area contributed by atoms with Gasteiger partial charge in [-0.1, -0.05) is 17.7 Å². The monoisotopic (exact) mass is 276 g/mol. The summed E-state index contributed by atoms with van der Waals surface area (Å²) in [5.74, 6) is 0. The van der Waals surface area contributed by atoms with E-state index in [9.17, 15) is 8.42 Å². The lowest BCUT2D eigenvalue weighted by Gasteiger charge is -2.13. The second kappa shape index (κ2) is 5.82. The lowest BCUT2D eigenvalue weighted by molar-refractivity contribution is 0.554. The number of hydrogen-bond donors (Lipinski definition) is 2. The Morgan fingerprint density at radius 3 is 2.65 bits per heavy atom. The number of rotatable bonds is 5. The van der Waals surface area contributed by atoms with Crippen LogP contribution in [0.5, 0.6) is 0 Å². The molecule has 4 nitrogen and oxygen atoms in total. The molecule has 2 N–H and O–H groups in total. The summed E-state index contributed by atoms with van der Waals surface area (Å²) in [6.07, 6.45) is 0. The van der Waals surface area contributed by atoms with Crippen molar-refractivity contribution in [2.24, 2.45) is 0 Å². The maximum atomic E-state index is 12.0. The van der Waals surface area contributed by atoms with Gasteiger partial charge in [-0.15, -0.1) is 0 Å². The number of likely N-dealkylation sites (N-methyl/N-ethyl adjacent to an activating group) is 1. The van der Waals surface area contributed by atoms with Crippen molar-refractivity contribution in [1.29, 1.82) is 0 Å². The maximum absolute atomic E-state index is 12.0. The highest BCUT2D eigenvalue weighted by Gasteiger charge is 2.18. The van der Waals surface area contributed by atoms with Crippen LogP contribution in [-0.2, 0) is 10.0 Å². The van der Waals surface area contributed by atoms with Crippen molar-refractivity contribution in [3.8, 4) is 0 Å². The molecule has 17 heavy (non-hydrogen) atoms. The van der Waals surface area contributed by atoms with Crippen molar-refractivity contribution < 1.29 is 8.42 Å². The minimum Gasteiger partial charge on any atom is -0.316 e. The van der Waals surface area contributed by atoms with Crippen LogP contribution in [0.25, 0.3) is 0 Å². The smallest absolute Gasteiger partial charge is 0.240 e. The quantitative estimate of drug-likeness (QED) is 0.858. The molecule has 1 atom stereocenters. The van der Waals surface area contributed by atoms with Crippen molar-refractivity contribution in [3.63, 3.8) is 0 Å². The Bertz CT molecular complexity index is 488. The van der Waals surface area contributed by atoms with Crippen LogP contribution in [0.1, 0.15) is 12.5 Å². The zero-order valence-electron chi connectivity index (χ0n) is 10.1. The molecule has 1 aromatic carbocycles. The molecule has 6 heteroatoms. The van der Waals surface area contributed by atoms with Crippen LogP contribution >= 0.6 is 11.6 Å². The lowest BCUT2D eigenvalue weighted by atomic mass is 10.2. The molecule has 0 aliphatic heterocycles. The summed E-state index contributed by atoms with van der Waals surface area (Å²) in [5.41, 5.74) is 0.568. The first-order valence-electron chi connectivity index (χ1n) is 5.30. The maximum Gasteiger partial charge on any atom is 0.240 e. The zero-order valence-corrected chi connectivity index (χ0v) is 11.7. The highest BCUT2D eigenvalue weighted by Crippen LogP contribution is 2.22. The van der Waals surface area contributed by atoms with Crippen molar-refractivity contribution in [3.05, 3.63) is 28.8 Å². The highest BCUT2D eigenvalue weighted by atomic mass is 35.5. The third-order valence-corrected chi connectivity index (χ3v) is 4.56. The molecule has 0 bridgehead atoms. The van der Waals surface area contributed by atoms with E-state index < -0.39 is 10.0 Å². The number of sulfonamides is 1. The molecule has 0 saturated heterocycles. The molecule has 0 heterocycles. The molecular formula is C11H17ClN2O2S. The first kappa shape index (κ1) is 14.4. The van der Waals surface area contributed by atoms with Crippen molar-refractivity contribution in [2.75, 3.05) is 13.6 Å². The average Bonchev–Trinajstić information content (AvgIpc) is 2.29. The van der Waals surface area contributed by atoms with Crippen molar-refractivity contribution in [1.82, 2.24) is 10.0 Å². The zero-order chi connectivity index (χ0) is 13.1. The van der Waals surface area contributed by atoms with Crippen LogP contribution in [0, 0.1) is 6.92 Å². The molecule has 0 fully saturated rings. The summed E-state index contributed by atoms with van der Waals surface area (Å²) in [6, 6.07) is 4.93. The van der Waals surface area contributed by atoms with Crippen molar-refractivity contribution >= 4 is 21.6 Å². The first-order valence-corrected chi connectivity index (χ1v) is 7.16. The average molecular weight is 277 g/mol. The van der Waals surface area contributed by atoms with E-state index in [1.807, 2.05) is 6.92 Å². The van der Waals surface area contributed by atoms with E-state index in [2.05, 4.69) is 10.0 Å². The Morgan fingerprint density at radius 2 is 2.06 bits per heavy atom. The standard InChI is InChI=1S/C11H17ClN2O2S/c1-8(13-3)7-14-17(15,16)11-6-4-5-10(12)9(11)2/h4-6,8,13-14H,7H2,1-3H3. The third-order valence-electron chi connectivity index (χ3n) is 2.58. The molecule has 1 rings (SSSR count). The van der Waals surface area contributed by atoms with Gasteiger partial charge in [-0.3, -0.25) is 0 Å². The normalized spacial score (nSPS) is 13.6. The fraction of sp³-hybridized carbons (Fsp3) is 0.455. The SMILES string of the molecule is CNC(C)CNS(=O)(=O)c1cccc(Cl)c1C. The second-order valence-electron chi connectivity index (χ2n) is 3.90. The summed E-state index contributed by atoms with van der Waals surface area (Å²) in [5, 5.41) is 3.42. The van der Waals surface area contributed by atoms with E-state index in [1.165, 1.54) is 0 Å². The van der Waals surface area contributed by atoms with E-state index in [1.54, 1.807) is 32.2 Å². The summed E-state index contributed by atoms with van der Waals surface area (Å²) < 4.78 is 26.6. The number of halogens is 1. The van der Waals surface area contributed by atoms with Gasteiger partial charge in [0.1, 0.15) is 0 Å². The third kappa shape index (κ3) is 3.67. The lowest BCUT2D eigenvalue weighted by Crippen LogP contribution is -2.37. The highest BCUT2D eigenvalue weighted by molar-refractivity contribution is 7.89. The molecule has 1 aromatic rings. The second-order valence-corrected chi connectivity index (χ2v) is 6.05. The van der Waals surface area contributed by atoms with E-state index in [0.29, 0.717) is 17.1 Å². The van der Waals surface area contributed by atoms with Crippen LogP contribution in [0.3, 0.4) is 0 Å². The first-order chi connectivity index (χ1) is 7.88. The van der Waals surface area contributed by atoms with Crippen LogP contribution < -0.4 is 10.0 Å². The van der Waals surface area contributed by atoms with Gasteiger partial charge in [0, 0.05) is 17.6 Å². The van der Waals surface area contributed by atoms with E-state index in [0.717, 1.165) is 0 Å². The van der Waals surface area contributed by atoms with Gasteiger partial charge in [0.05, 0.1) is 4.90 Å². The molecule has 0 aliphatic carbocycles. The van der Waals surface area contributed by atoms with E-state index in [-0.39, 0.29) is 10.9 Å². The Kier molecular flexibility index (Phi) is 4.94. The number of hydrogen-bond acceptors (Lipinski definition) is 3. The fourth-order valence-corrected chi connectivity index (χ4v) is 2.92. The Hall–Kier alpha value is -0.620. The predicted octanol–water partition coefficient (Wildman–Crippen LogP) is 1.53. The summed E-state index contributed by atoms with van der Waals surface area (Å²) in [6.45, 7) is 3.93. The Balaban J connectivity index is 2.94. The van der Waals surface area contributed by atoms with Gasteiger partial charge >= 0.3 is 0 Å². The van der Waals surface area contributed by atoms with Crippen LogP contribution in [0.4, 0.5) is 0 Å². The topological polar surface area (TPSA) is 58.2 Å². The van der Waals surface area contributed by atoms with Crippen LogP contribution in [0.15, 0.2) is 23.1 Å². The number of nitrogens with one attached hydrogen (secondary N) is 2. The summed E-state index contributed by atoms with van der Waals surface area (Å²) in [7, 11) is -1.71. The van der Waals surface area contributed by atoms with Crippen LogP contribution in [0.2, 0.25) is 5.02 Å². The van der Waals surface area contributed by atoms with Gasteiger partial charge in [0.25, 0.3) is 0 Å². The predicted molar refractivity (Wildman–Crippen MR) is 69.9 cm³/mol. The molecule has 1 unspecified atom stereocenters. The summed E-state index contributed by atoms with van der Waals surface area (Å²) >= 11 is 5.91. The fourth-order valence-electron chi connectivity index (χ4n) is 1.29. The molecule has 0 spiro atoms. The molecule has 0 saturated carbocycles. The Morgan fingerprint density at radius 1 is 1.41 bits per heavy atom. The van der Waals surface area contributed by atoms with Gasteiger partial charge in [-0.05, 0) is 38.6 Å². The number of benzene rings is 1. The molecule has 0 aromatic heterocycles. The minimum absolute atomic E-state index is 0.0734. The van der Waals surface area contributed by atoms with Gasteiger partial charge in [-0.2, -0.15) is 0 Å². The molecule has 0 radical (unpaired) electrons. The van der Waals surface area contributed by atoms with Gasteiger partial charge in [0.15, 0.2) is 0 Å². The van der Waals surface area contributed by atoms with Crippen LogP contribution in [-0.4, -0.2) is 28.1 Å². The minimum atomic E-state index is -3.49. The molecule has 0 aliphatic rings. The summed E-state index contributed by atoms with van der Waals surface area (Å²) in [4.78, 5) is 0.230. The van der Waals surface area contributed by atoms with Gasteiger partial charge < -0.3 is 5.32 Å². The largest absolute Gasteiger partial charge is 0.316 e. The van der Waals surface area contributed by atoms with Gasteiger partial charge in [-0.25, -0.2) is 13.1 Å². The Labute approximate surface area is 107 Å².